The van der Waals surface area contributed by atoms with Crippen LogP contribution in [0, 0.1) is 11.3 Å². The molecule has 1 saturated heterocycles. The average molecular weight is 282 g/mol. The highest BCUT2D eigenvalue weighted by Gasteiger charge is 2.25. The number of ether oxygens (including phenoxy) is 1. The van der Waals surface area contributed by atoms with Crippen LogP contribution in [-0.2, 0) is 9.53 Å². The van der Waals surface area contributed by atoms with Crippen molar-refractivity contribution >= 4 is 5.91 Å². The first-order valence-corrected chi connectivity index (χ1v) is 7.56. The number of rotatable bonds is 7. The van der Waals surface area contributed by atoms with E-state index in [9.17, 15) is 4.79 Å². The summed E-state index contributed by atoms with van der Waals surface area (Å²) >= 11 is 0. The minimum atomic E-state index is 0.00639. The Labute approximate surface area is 123 Å². The highest BCUT2D eigenvalue weighted by molar-refractivity contribution is 5.87. The molecule has 1 fully saturated rings. The first kappa shape index (κ1) is 17.2. The van der Waals surface area contributed by atoms with Gasteiger partial charge in [0.2, 0.25) is 5.91 Å². The van der Waals surface area contributed by atoms with Gasteiger partial charge in [-0.15, -0.1) is 0 Å². The minimum Gasteiger partial charge on any atom is -0.381 e. The Balaban J connectivity index is 2.27. The van der Waals surface area contributed by atoms with Crippen molar-refractivity contribution in [3.05, 3.63) is 12.2 Å². The lowest BCUT2D eigenvalue weighted by atomic mass is 9.79. The normalized spacial score (nSPS) is 17.9. The average Bonchev–Trinajstić information content (AvgIpc) is 2.37. The fourth-order valence-electron chi connectivity index (χ4n) is 2.56. The van der Waals surface area contributed by atoms with Gasteiger partial charge >= 0.3 is 0 Å². The van der Waals surface area contributed by atoms with Crippen molar-refractivity contribution in [1.82, 2.24) is 10.2 Å². The topological polar surface area (TPSA) is 41.6 Å². The Morgan fingerprint density at radius 1 is 1.35 bits per heavy atom. The van der Waals surface area contributed by atoms with E-state index in [0.29, 0.717) is 0 Å². The zero-order valence-electron chi connectivity index (χ0n) is 13.4. The van der Waals surface area contributed by atoms with Crippen molar-refractivity contribution in [2.75, 3.05) is 40.4 Å². The SMILES string of the molecule is CN(C)C/C=C/C(=O)NCC(C)(C)CC1CCOCC1. The van der Waals surface area contributed by atoms with Crippen LogP contribution in [0.3, 0.4) is 0 Å². The Bertz CT molecular complexity index is 318. The van der Waals surface area contributed by atoms with E-state index in [2.05, 4.69) is 19.2 Å². The number of likely N-dealkylation sites (N-methyl/N-ethyl adjacent to an activating group) is 1. The van der Waals surface area contributed by atoms with E-state index in [-0.39, 0.29) is 11.3 Å². The molecule has 0 aliphatic carbocycles. The van der Waals surface area contributed by atoms with E-state index < -0.39 is 0 Å². The van der Waals surface area contributed by atoms with Crippen molar-refractivity contribution in [2.24, 2.45) is 11.3 Å². The Morgan fingerprint density at radius 3 is 2.60 bits per heavy atom. The Kier molecular flexibility index (Phi) is 7.24. The van der Waals surface area contributed by atoms with Gasteiger partial charge in [0.05, 0.1) is 0 Å². The second kappa shape index (κ2) is 8.42. The lowest BCUT2D eigenvalue weighted by molar-refractivity contribution is -0.117. The third-order valence-corrected chi connectivity index (χ3v) is 3.66. The summed E-state index contributed by atoms with van der Waals surface area (Å²) in [6.45, 7) is 7.76. The molecule has 1 N–H and O–H groups in total. The molecule has 0 unspecified atom stereocenters. The Morgan fingerprint density at radius 2 is 2.00 bits per heavy atom. The second-order valence-electron chi connectivity index (χ2n) is 6.81. The Hall–Kier alpha value is -0.870. The highest BCUT2D eigenvalue weighted by atomic mass is 16.5. The van der Waals surface area contributed by atoms with Crippen LogP contribution in [0.25, 0.3) is 0 Å². The van der Waals surface area contributed by atoms with Gasteiger partial charge in [-0.3, -0.25) is 4.79 Å². The molecule has 0 bridgehead atoms. The zero-order chi connectivity index (χ0) is 15.0. The van der Waals surface area contributed by atoms with Gasteiger partial charge in [0.15, 0.2) is 0 Å². The summed E-state index contributed by atoms with van der Waals surface area (Å²) in [5.74, 6) is 0.742. The van der Waals surface area contributed by atoms with Crippen molar-refractivity contribution in [3.63, 3.8) is 0 Å². The molecular weight excluding hydrogens is 252 g/mol. The van der Waals surface area contributed by atoms with Gasteiger partial charge in [0.25, 0.3) is 0 Å². The van der Waals surface area contributed by atoms with Gasteiger partial charge in [-0.1, -0.05) is 19.9 Å². The maximum atomic E-state index is 11.7. The molecule has 0 aromatic rings. The number of nitrogens with one attached hydrogen (secondary N) is 1. The quantitative estimate of drug-likeness (QED) is 0.727. The van der Waals surface area contributed by atoms with E-state index in [1.165, 1.54) is 0 Å². The number of carbonyl (C=O) groups excluding carboxylic acids is 1. The smallest absolute Gasteiger partial charge is 0.243 e. The molecular formula is C16H30N2O2. The summed E-state index contributed by atoms with van der Waals surface area (Å²) in [4.78, 5) is 13.8. The van der Waals surface area contributed by atoms with Crippen LogP contribution >= 0.6 is 0 Å². The minimum absolute atomic E-state index is 0.00639. The molecule has 0 spiro atoms. The summed E-state index contributed by atoms with van der Waals surface area (Å²) in [6, 6.07) is 0. The number of hydrogen-bond acceptors (Lipinski definition) is 3. The number of carbonyl (C=O) groups is 1. The molecule has 4 heteroatoms. The van der Waals surface area contributed by atoms with Crippen molar-refractivity contribution < 1.29 is 9.53 Å². The molecule has 116 valence electrons. The molecule has 0 radical (unpaired) electrons. The van der Waals surface area contributed by atoms with E-state index in [1.54, 1.807) is 6.08 Å². The molecule has 1 heterocycles. The van der Waals surface area contributed by atoms with Crippen LogP contribution in [0.15, 0.2) is 12.2 Å². The first-order valence-electron chi connectivity index (χ1n) is 7.56. The molecule has 0 aromatic carbocycles. The molecule has 1 rings (SSSR count). The van der Waals surface area contributed by atoms with Crippen LogP contribution in [0.2, 0.25) is 0 Å². The van der Waals surface area contributed by atoms with E-state index in [1.807, 2.05) is 25.1 Å². The fraction of sp³-hybridized carbons (Fsp3) is 0.812. The molecule has 1 amide bonds. The predicted molar refractivity (Wildman–Crippen MR) is 82.6 cm³/mol. The van der Waals surface area contributed by atoms with Crippen LogP contribution < -0.4 is 5.32 Å². The lowest BCUT2D eigenvalue weighted by Crippen LogP contribution is -2.35. The first-order chi connectivity index (χ1) is 9.39. The predicted octanol–water partition coefficient (Wildman–Crippen LogP) is 2.06. The van der Waals surface area contributed by atoms with Gasteiger partial charge in [0.1, 0.15) is 0 Å². The third-order valence-electron chi connectivity index (χ3n) is 3.66. The van der Waals surface area contributed by atoms with Crippen molar-refractivity contribution in [2.45, 2.75) is 33.1 Å². The summed E-state index contributed by atoms with van der Waals surface area (Å²) in [6.07, 6.45) is 6.98. The molecule has 1 aliphatic rings. The monoisotopic (exact) mass is 282 g/mol. The van der Waals surface area contributed by atoms with Gasteiger partial charge in [-0.25, -0.2) is 0 Å². The number of hydrogen-bond donors (Lipinski definition) is 1. The fourth-order valence-corrected chi connectivity index (χ4v) is 2.56. The molecule has 4 nitrogen and oxygen atoms in total. The summed E-state index contributed by atoms with van der Waals surface area (Å²) in [5.41, 5.74) is 0.146. The molecule has 1 aliphatic heterocycles. The number of amides is 1. The largest absolute Gasteiger partial charge is 0.381 e. The lowest BCUT2D eigenvalue weighted by Gasteiger charge is -2.31. The summed E-state index contributed by atoms with van der Waals surface area (Å²) in [5, 5.41) is 3.01. The van der Waals surface area contributed by atoms with Crippen LogP contribution in [0.5, 0.6) is 0 Å². The second-order valence-corrected chi connectivity index (χ2v) is 6.81. The van der Waals surface area contributed by atoms with Gasteiger partial charge in [0, 0.05) is 32.4 Å². The summed E-state index contributed by atoms with van der Waals surface area (Å²) < 4.78 is 5.39. The van der Waals surface area contributed by atoms with E-state index >= 15 is 0 Å². The maximum absolute atomic E-state index is 11.7. The third kappa shape index (κ3) is 7.65. The number of nitrogens with zero attached hydrogens (tertiary/aromatic N) is 1. The van der Waals surface area contributed by atoms with Crippen molar-refractivity contribution in [1.29, 1.82) is 0 Å². The molecule has 0 saturated carbocycles. The van der Waals surface area contributed by atoms with Crippen molar-refractivity contribution in [3.8, 4) is 0 Å². The van der Waals surface area contributed by atoms with Crippen LogP contribution in [-0.4, -0.2) is 51.2 Å². The van der Waals surface area contributed by atoms with E-state index in [4.69, 9.17) is 4.74 Å². The van der Waals surface area contributed by atoms with Crippen LogP contribution in [0.4, 0.5) is 0 Å². The van der Waals surface area contributed by atoms with E-state index in [0.717, 1.165) is 51.5 Å². The molecule has 0 aromatic heterocycles. The van der Waals surface area contributed by atoms with Crippen LogP contribution in [0.1, 0.15) is 33.1 Å². The van der Waals surface area contributed by atoms with Gasteiger partial charge in [-0.05, 0) is 44.7 Å². The maximum Gasteiger partial charge on any atom is 0.243 e. The summed E-state index contributed by atoms with van der Waals surface area (Å²) in [7, 11) is 3.97. The zero-order valence-corrected chi connectivity index (χ0v) is 13.4. The van der Waals surface area contributed by atoms with Gasteiger partial charge < -0.3 is 15.0 Å². The molecule has 0 atom stereocenters. The highest BCUT2D eigenvalue weighted by Crippen LogP contribution is 2.30. The standard InChI is InChI=1S/C16H30N2O2/c1-16(2,12-14-7-10-20-11-8-14)13-17-15(19)6-5-9-18(3)4/h5-6,14H,7-13H2,1-4H3,(H,17,19)/b6-5+. The molecule has 20 heavy (non-hydrogen) atoms. The van der Waals surface area contributed by atoms with Gasteiger partial charge in [-0.2, -0.15) is 0 Å².